The second kappa shape index (κ2) is 5.32. The van der Waals surface area contributed by atoms with Gasteiger partial charge in [0.25, 0.3) is 0 Å². The van der Waals surface area contributed by atoms with Gasteiger partial charge in [-0.2, -0.15) is 0 Å². The summed E-state index contributed by atoms with van der Waals surface area (Å²) < 4.78 is 0. The van der Waals surface area contributed by atoms with Crippen LogP contribution in [-0.4, -0.2) is 35.6 Å². The molecule has 3 heteroatoms. The van der Waals surface area contributed by atoms with Crippen LogP contribution in [0.25, 0.3) is 0 Å². The summed E-state index contributed by atoms with van der Waals surface area (Å²) in [5, 5.41) is 8.75. The Bertz CT molecular complexity index is 395. The second-order valence-corrected chi connectivity index (χ2v) is 4.80. The van der Waals surface area contributed by atoms with Crippen LogP contribution in [0.15, 0.2) is 24.3 Å². The Hall–Kier alpha value is -1.35. The van der Waals surface area contributed by atoms with Gasteiger partial charge in [0.05, 0.1) is 6.54 Å². The molecule has 0 bridgehead atoms. The minimum atomic E-state index is -0.723. The molecule has 1 saturated heterocycles. The summed E-state index contributed by atoms with van der Waals surface area (Å²) in [7, 11) is 0. The predicted molar refractivity (Wildman–Crippen MR) is 67.2 cm³/mol. The van der Waals surface area contributed by atoms with Gasteiger partial charge in [-0.1, -0.05) is 24.3 Å². The first-order valence-electron chi connectivity index (χ1n) is 6.16. The Morgan fingerprint density at radius 2 is 2.00 bits per heavy atom. The maximum absolute atomic E-state index is 10.6. The fraction of sp³-hybridized carbons (Fsp3) is 0.500. The predicted octanol–water partition coefficient (Wildman–Crippen LogP) is 2.26. The maximum atomic E-state index is 10.6. The number of carbonyl (C=O) groups is 1. The molecular weight excluding hydrogens is 214 g/mol. The van der Waals surface area contributed by atoms with Crippen molar-refractivity contribution in [3.63, 3.8) is 0 Å². The van der Waals surface area contributed by atoms with Crippen molar-refractivity contribution in [2.24, 2.45) is 0 Å². The Morgan fingerprint density at radius 3 is 2.59 bits per heavy atom. The van der Waals surface area contributed by atoms with Crippen molar-refractivity contribution >= 4 is 5.97 Å². The largest absolute Gasteiger partial charge is 0.480 e. The summed E-state index contributed by atoms with van der Waals surface area (Å²) in [4.78, 5) is 12.7. The minimum absolute atomic E-state index is 0.181. The molecule has 0 spiro atoms. The molecule has 1 aromatic carbocycles. The molecular formula is C14H19NO2. The molecule has 92 valence electrons. The lowest BCUT2D eigenvalue weighted by Gasteiger charge is -2.31. The Balaban J connectivity index is 1.95. The first-order chi connectivity index (χ1) is 8.16. The third-order valence-electron chi connectivity index (χ3n) is 3.57. The first-order valence-corrected chi connectivity index (χ1v) is 6.16. The van der Waals surface area contributed by atoms with Crippen LogP contribution in [0.1, 0.15) is 29.9 Å². The normalized spacial score (nSPS) is 18.2. The molecule has 2 rings (SSSR count). The summed E-state index contributed by atoms with van der Waals surface area (Å²) >= 11 is 0. The molecule has 0 radical (unpaired) electrons. The number of hydrogen-bond acceptors (Lipinski definition) is 2. The van der Waals surface area contributed by atoms with Crippen LogP contribution >= 0.6 is 0 Å². The molecule has 1 aliphatic rings. The quantitative estimate of drug-likeness (QED) is 0.870. The van der Waals surface area contributed by atoms with Crippen LogP contribution in [0, 0.1) is 6.92 Å². The molecule has 1 aromatic rings. The maximum Gasteiger partial charge on any atom is 0.317 e. The zero-order valence-corrected chi connectivity index (χ0v) is 10.2. The lowest BCUT2D eigenvalue weighted by molar-refractivity contribution is -0.138. The van der Waals surface area contributed by atoms with E-state index in [9.17, 15) is 4.79 Å². The van der Waals surface area contributed by atoms with Crippen LogP contribution in [0.5, 0.6) is 0 Å². The zero-order valence-electron chi connectivity index (χ0n) is 10.2. The molecule has 0 saturated carbocycles. The highest BCUT2D eigenvalue weighted by Gasteiger charge is 2.22. The number of likely N-dealkylation sites (tertiary alicyclic amines) is 1. The minimum Gasteiger partial charge on any atom is -0.480 e. The average Bonchev–Trinajstić information content (AvgIpc) is 2.30. The molecule has 1 N–H and O–H groups in total. The molecule has 0 aromatic heterocycles. The highest BCUT2D eigenvalue weighted by Crippen LogP contribution is 2.29. The van der Waals surface area contributed by atoms with Gasteiger partial charge in [0.15, 0.2) is 0 Å². The lowest BCUT2D eigenvalue weighted by atomic mass is 9.87. The summed E-state index contributed by atoms with van der Waals surface area (Å²) in [6.07, 6.45) is 2.14. The van der Waals surface area contributed by atoms with Gasteiger partial charge >= 0.3 is 5.97 Å². The Kier molecular flexibility index (Phi) is 3.79. The second-order valence-electron chi connectivity index (χ2n) is 4.80. The standard InChI is InChI=1S/C14H19NO2/c1-11-4-2-3-5-13(11)12-6-8-15(9-7-12)10-14(16)17/h2-5,12H,6-10H2,1H3,(H,16,17). The number of piperidine rings is 1. The van der Waals surface area contributed by atoms with E-state index in [0.717, 1.165) is 25.9 Å². The van der Waals surface area contributed by atoms with E-state index in [-0.39, 0.29) is 6.54 Å². The smallest absolute Gasteiger partial charge is 0.317 e. The van der Waals surface area contributed by atoms with Crippen molar-refractivity contribution in [1.29, 1.82) is 0 Å². The molecule has 1 fully saturated rings. The van der Waals surface area contributed by atoms with Crippen LogP contribution in [0.3, 0.4) is 0 Å². The number of aliphatic carboxylic acids is 1. The SMILES string of the molecule is Cc1ccccc1C1CCN(CC(=O)O)CC1. The van der Waals surface area contributed by atoms with Crippen LogP contribution < -0.4 is 0 Å². The van der Waals surface area contributed by atoms with Gasteiger partial charge in [-0.15, -0.1) is 0 Å². The fourth-order valence-electron chi connectivity index (χ4n) is 2.64. The van der Waals surface area contributed by atoms with Gasteiger partial charge in [0.2, 0.25) is 0 Å². The van der Waals surface area contributed by atoms with Gasteiger partial charge in [-0.3, -0.25) is 9.69 Å². The molecule has 0 amide bonds. The van der Waals surface area contributed by atoms with E-state index in [1.54, 1.807) is 0 Å². The molecule has 0 aliphatic carbocycles. The number of carboxylic acid groups (broad SMARTS) is 1. The molecule has 17 heavy (non-hydrogen) atoms. The van der Waals surface area contributed by atoms with Gasteiger partial charge in [0.1, 0.15) is 0 Å². The van der Waals surface area contributed by atoms with Crippen molar-refractivity contribution in [3.05, 3.63) is 35.4 Å². The highest BCUT2D eigenvalue weighted by molar-refractivity contribution is 5.69. The van der Waals surface area contributed by atoms with Crippen molar-refractivity contribution < 1.29 is 9.90 Å². The summed E-state index contributed by atoms with van der Waals surface area (Å²) in [6, 6.07) is 8.51. The van der Waals surface area contributed by atoms with E-state index in [1.165, 1.54) is 11.1 Å². The molecule has 1 heterocycles. The van der Waals surface area contributed by atoms with Crippen molar-refractivity contribution in [1.82, 2.24) is 4.90 Å². The van der Waals surface area contributed by atoms with Crippen LogP contribution in [0.4, 0.5) is 0 Å². The summed E-state index contributed by atoms with van der Waals surface area (Å²) in [6.45, 7) is 4.12. The molecule has 1 aliphatic heterocycles. The third-order valence-corrected chi connectivity index (χ3v) is 3.57. The Labute approximate surface area is 102 Å². The van der Waals surface area contributed by atoms with Gasteiger partial charge in [-0.05, 0) is 49.9 Å². The number of rotatable bonds is 3. The molecule has 0 unspecified atom stereocenters. The third kappa shape index (κ3) is 3.07. The topological polar surface area (TPSA) is 40.5 Å². The van der Waals surface area contributed by atoms with E-state index >= 15 is 0 Å². The monoisotopic (exact) mass is 233 g/mol. The number of nitrogens with zero attached hydrogens (tertiary/aromatic N) is 1. The highest BCUT2D eigenvalue weighted by atomic mass is 16.4. The Morgan fingerprint density at radius 1 is 1.35 bits per heavy atom. The molecule has 3 nitrogen and oxygen atoms in total. The summed E-state index contributed by atoms with van der Waals surface area (Å²) in [5.74, 6) is -0.124. The molecule has 0 atom stereocenters. The van der Waals surface area contributed by atoms with Crippen molar-refractivity contribution in [2.45, 2.75) is 25.7 Å². The van der Waals surface area contributed by atoms with Gasteiger partial charge in [0, 0.05) is 0 Å². The van der Waals surface area contributed by atoms with E-state index in [2.05, 4.69) is 31.2 Å². The van der Waals surface area contributed by atoms with E-state index < -0.39 is 5.97 Å². The number of carboxylic acids is 1. The number of aryl methyl sites for hydroxylation is 1. The number of hydrogen-bond donors (Lipinski definition) is 1. The van der Waals surface area contributed by atoms with Crippen LogP contribution in [-0.2, 0) is 4.79 Å². The zero-order chi connectivity index (χ0) is 12.3. The van der Waals surface area contributed by atoms with Crippen molar-refractivity contribution in [2.75, 3.05) is 19.6 Å². The van der Waals surface area contributed by atoms with E-state index in [4.69, 9.17) is 5.11 Å². The van der Waals surface area contributed by atoms with Gasteiger partial charge < -0.3 is 5.11 Å². The van der Waals surface area contributed by atoms with Crippen LogP contribution in [0.2, 0.25) is 0 Å². The first kappa shape index (κ1) is 12.1. The summed E-state index contributed by atoms with van der Waals surface area (Å²) in [5.41, 5.74) is 2.78. The van der Waals surface area contributed by atoms with Crippen molar-refractivity contribution in [3.8, 4) is 0 Å². The average molecular weight is 233 g/mol. The van der Waals surface area contributed by atoms with E-state index in [0.29, 0.717) is 5.92 Å². The fourth-order valence-corrected chi connectivity index (χ4v) is 2.64. The number of benzene rings is 1. The van der Waals surface area contributed by atoms with Gasteiger partial charge in [-0.25, -0.2) is 0 Å². The lowest BCUT2D eigenvalue weighted by Crippen LogP contribution is -2.36. The van der Waals surface area contributed by atoms with E-state index in [1.807, 2.05) is 4.90 Å².